The summed E-state index contributed by atoms with van der Waals surface area (Å²) in [5.74, 6) is -0.523. The fraction of sp³-hybridized carbons (Fsp3) is 0.500. The number of hydrogen-bond acceptors (Lipinski definition) is 2. The standard InChI is InChI=1S/C14H18FNO2.ClH/c15-13-3-1-2-12(10-13)11-4-7-16(8-5-11)9-6-14(17)18;/h1-3,10-11H,4-9H2,(H,17,18);1H. The van der Waals surface area contributed by atoms with Crippen LogP contribution in [0.1, 0.15) is 30.7 Å². The second kappa shape index (κ2) is 7.46. The van der Waals surface area contributed by atoms with E-state index in [9.17, 15) is 9.18 Å². The summed E-state index contributed by atoms with van der Waals surface area (Å²) in [6.07, 6.45) is 2.15. The van der Waals surface area contributed by atoms with Crippen LogP contribution < -0.4 is 0 Å². The van der Waals surface area contributed by atoms with Crippen molar-refractivity contribution in [3.8, 4) is 0 Å². The summed E-state index contributed by atoms with van der Waals surface area (Å²) in [7, 11) is 0. The fourth-order valence-corrected chi connectivity index (χ4v) is 2.50. The molecule has 106 valence electrons. The van der Waals surface area contributed by atoms with Crippen molar-refractivity contribution in [1.29, 1.82) is 0 Å². The maximum absolute atomic E-state index is 13.1. The van der Waals surface area contributed by atoms with Crippen molar-refractivity contribution >= 4 is 18.4 Å². The minimum absolute atomic E-state index is 0. The van der Waals surface area contributed by atoms with Crippen LogP contribution in [0.25, 0.3) is 0 Å². The first-order chi connectivity index (χ1) is 8.65. The number of likely N-dealkylation sites (tertiary alicyclic amines) is 1. The lowest BCUT2D eigenvalue weighted by Crippen LogP contribution is -2.34. The van der Waals surface area contributed by atoms with Gasteiger partial charge in [-0.25, -0.2) is 4.39 Å². The molecular formula is C14H19ClFNO2. The molecule has 3 nitrogen and oxygen atoms in total. The number of carboxylic acids is 1. The van der Waals surface area contributed by atoms with Gasteiger partial charge < -0.3 is 10.0 Å². The summed E-state index contributed by atoms with van der Waals surface area (Å²) < 4.78 is 13.1. The molecule has 1 fully saturated rings. The van der Waals surface area contributed by atoms with Crippen molar-refractivity contribution in [2.45, 2.75) is 25.2 Å². The van der Waals surface area contributed by atoms with Crippen molar-refractivity contribution in [1.82, 2.24) is 4.90 Å². The van der Waals surface area contributed by atoms with Gasteiger partial charge in [-0.3, -0.25) is 4.79 Å². The normalized spacial score (nSPS) is 16.9. The molecule has 1 aromatic carbocycles. The number of rotatable bonds is 4. The van der Waals surface area contributed by atoms with Crippen LogP contribution in [-0.2, 0) is 4.79 Å². The quantitative estimate of drug-likeness (QED) is 0.926. The smallest absolute Gasteiger partial charge is 0.304 e. The molecule has 1 aliphatic heterocycles. The molecule has 0 aliphatic carbocycles. The molecule has 2 rings (SSSR count). The Morgan fingerprint density at radius 3 is 2.63 bits per heavy atom. The van der Waals surface area contributed by atoms with Gasteiger partial charge in [0.1, 0.15) is 5.82 Å². The highest BCUT2D eigenvalue weighted by Gasteiger charge is 2.20. The average molecular weight is 288 g/mol. The highest BCUT2D eigenvalue weighted by atomic mass is 35.5. The SMILES string of the molecule is Cl.O=C(O)CCN1CCC(c2cccc(F)c2)CC1. The Labute approximate surface area is 118 Å². The van der Waals surface area contributed by atoms with Gasteiger partial charge in [-0.1, -0.05) is 12.1 Å². The van der Waals surface area contributed by atoms with Crippen molar-refractivity contribution in [3.63, 3.8) is 0 Å². The molecule has 1 heterocycles. The van der Waals surface area contributed by atoms with E-state index in [1.54, 1.807) is 12.1 Å². The van der Waals surface area contributed by atoms with E-state index in [1.165, 1.54) is 6.07 Å². The van der Waals surface area contributed by atoms with Gasteiger partial charge in [0, 0.05) is 6.54 Å². The van der Waals surface area contributed by atoms with Crippen LogP contribution in [0.5, 0.6) is 0 Å². The Balaban J connectivity index is 0.00000180. The first-order valence-corrected chi connectivity index (χ1v) is 6.35. The van der Waals surface area contributed by atoms with Gasteiger partial charge >= 0.3 is 5.97 Å². The van der Waals surface area contributed by atoms with Crippen LogP contribution in [0, 0.1) is 5.82 Å². The molecule has 0 unspecified atom stereocenters. The highest BCUT2D eigenvalue weighted by molar-refractivity contribution is 5.85. The zero-order chi connectivity index (χ0) is 13.0. The van der Waals surface area contributed by atoms with Gasteiger partial charge in [0.25, 0.3) is 0 Å². The third kappa shape index (κ3) is 4.80. The summed E-state index contributed by atoms with van der Waals surface area (Å²) in [5, 5.41) is 8.64. The van der Waals surface area contributed by atoms with Crippen LogP contribution in [0.15, 0.2) is 24.3 Å². The van der Waals surface area contributed by atoms with Gasteiger partial charge in [-0.15, -0.1) is 12.4 Å². The summed E-state index contributed by atoms with van der Waals surface area (Å²) >= 11 is 0. The van der Waals surface area contributed by atoms with Gasteiger partial charge in [0.15, 0.2) is 0 Å². The number of carbonyl (C=O) groups is 1. The van der Waals surface area contributed by atoms with E-state index >= 15 is 0 Å². The highest BCUT2D eigenvalue weighted by Crippen LogP contribution is 2.28. The summed E-state index contributed by atoms with van der Waals surface area (Å²) in [6, 6.07) is 6.80. The third-order valence-electron chi connectivity index (χ3n) is 3.55. The van der Waals surface area contributed by atoms with Crippen LogP contribution >= 0.6 is 12.4 Å². The van der Waals surface area contributed by atoms with Gasteiger partial charge in [-0.05, 0) is 49.5 Å². The van der Waals surface area contributed by atoms with Gasteiger partial charge in [0.2, 0.25) is 0 Å². The Hall–Kier alpha value is -1.13. The van der Waals surface area contributed by atoms with Crippen molar-refractivity contribution < 1.29 is 14.3 Å². The van der Waals surface area contributed by atoms with Crippen LogP contribution in [-0.4, -0.2) is 35.6 Å². The molecule has 0 radical (unpaired) electrons. The Morgan fingerprint density at radius 1 is 1.37 bits per heavy atom. The Kier molecular flexibility index (Phi) is 6.25. The topological polar surface area (TPSA) is 40.5 Å². The summed E-state index contributed by atoms with van der Waals surface area (Å²) in [5.41, 5.74) is 1.06. The monoisotopic (exact) mass is 287 g/mol. The molecule has 1 saturated heterocycles. The molecule has 1 aromatic rings. The Bertz CT molecular complexity index is 420. The average Bonchev–Trinajstić information content (AvgIpc) is 2.37. The van der Waals surface area contributed by atoms with Gasteiger partial charge in [-0.2, -0.15) is 0 Å². The minimum atomic E-state index is -0.748. The summed E-state index contributed by atoms with van der Waals surface area (Å²) in [6.45, 7) is 2.41. The first kappa shape index (κ1) is 15.9. The number of nitrogens with zero attached hydrogens (tertiary/aromatic N) is 1. The largest absolute Gasteiger partial charge is 0.481 e. The number of aliphatic carboxylic acids is 1. The second-order valence-corrected chi connectivity index (χ2v) is 4.81. The van der Waals surface area contributed by atoms with E-state index < -0.39 is 5.97 Å². The molecule has 0 spiro atoms. The fourth-order valence-electron chi connectivity index (χ4n) is 2.50. The van der Waals surface area contributed by atoms with E-state index in [4.69, 9.17) is 5.11 Å². The Morgan fingerprint density at radius 2 is 2.05 bits per heavy atom. The summed E-state index contributed by atoms with van der Waals surface area (Å²) in [4.78, 5) is 12.7. The number of halogens is 2. The van der Waals surface area contributed by atoms with E-state index in [1.807, 2.05) is 6.07 Å². The molecule has 19 heavy (non-hydrogen) atoms. The number of piperidine rings is 1. The molecule has 0 amide bonds. The lowest BCUT2D eigenvalue weighted by Gasteiger charge is -2.31. The third-order valence-corrected chi connectivity index (χ3v) is 3.55. The molecule has 5 heteroatoms. The van der Waals surface area contributed by atoms with E-state index in [0.29, 0.717) is 12.5 Å². The molecular weight excluding hydrogens is 269 g/mol. The van der Waals surface area contributed by atoms with Crippen molar-refractivity contribution in [2.75, 3.05) is 19.6 Å². The van der Waals surface area contributed by atoms with Gasteiger partial charge in [0.05, 0.1) is 6.42 Å². The maximum Gasteiger partial charge on any atom is 0.304 e. The zero-order valence-corrected chi connectivity index (χ0v) is 11.5. The maximum atomic E-state index is 13.1. The van der Waals surface area contributed by atoms with E-state index in [-0.39, 0.29) is 24.6 Å². The molecule has 1 aliphatic rings. The lowest BCUT2D eigenvalue weighted by molar-refractivity contribution is -0.137. The predicted molar refractivity (Wildman–Crippen MR) is 74.3 cm³/mol. The van der Waals surface area contributed by atoms with Crippen molar-refractivity contribution in [2.24, 2.45) is 0 Å². The lowest BCUT2D eigenvalue weighted by atomic mass is 9.89. The molecule has 1 N–H and O–H groups in total. The number of benzene rings is 1. The van der Waals surface area contributed by atoms with E-state index in [2.05, 4.69) is 4.90 Å². The molecule has 0 aromatic heterocycles. The number of carboxylic acid groups (broad SMARTS) is 1. The molecule has 0 saturated carbocycles. The predicted octanol–water partition coefficient (Wildman–Crippen LogP) is 2.90. The second-order valence-electron chi connectivity index (χ2n) is 4.81. The molecule has 0 bridgehead atoms. The first-order valence-electron chi connectivity index (χ1n) is 6.35. The minimum Gasteiger partial charge on any atom is -0.481 e. The van der Waals surface area contributed by atoms with E-state index in [0.717, 1.165) is 31.5 Å². The van der Waals surface area contributed by atoms with Crippen molar-refractivity contribution in [3.05, 3.63) is 35.6 Å². The molecule has 0 atom stereocenters. The van der Waals surface area contributed by atoms with Crippen LogP contribution in [0.2, 0.25) is 0 Å². The van der Waals surface area contributed by atoms with Crippen LogP contribution in [0.4, 0.5) is 4.39 Å². The zero-order valence-electron chi connectivity index (χ0n) is 10.7. The van der Waals surface area contributed by atoms with Crippen LogP contribution in [0.3, 0.4) is 0 Å². The number of hydrogen-bond donors (Lipinski definition) is 1.